The third kappa shape index (κ3) is 2.78. The highest BCUT2D eigenvalue weighted by molar-refractivity contribution is 5.48. The molecule has 94 valence electrons. The Bertz CT molecular complexity index is 367. The molecule has 1 aromatic carbocycles. The van der Waals surface area contributed by atoms with Crippen LogP contribution in [0, 0.1) is 11.7 Å². The van der Waals surface area contributed by atoms with Crippen molar-refractivity contribution >= 4 is 5.69 Å². The van der Waals surface area contributed by atoms with E-state index in [9.17, 15) is 4.39 Å². The molecule has 1 heterocycles. The minimum absolute atomic E-state index is 0.114. The van der Waals surface area contributed by atoms with E-state index in [2.05, 4.69) is 24.1 Å². The molecule has 1 aromatic rings. The Morgan fingerprint density at radius 3 is 2.94 bits per heavy atom. The van der Waals surface area contributed by atoms with E-state index in [1.54, 1.807) is 6.07 Å². The van der Waals surface area contributed by atoms with Gasteiger partial charge in [0.1, 0.15) is 5.82 Å². The van der Waals surface area contributed by atoms with Crippen LogP contribution in [0.5, 0.6) is 0 Å². The fourth-order valence-electron chi connectivity index (χ4n) is 2.37. The second-order valence-corrected chi connectivity index (χ2v) is 4.84. The fourth-order valence-corrected chi connectivity index (χ4v) is 2.37. The van der Waals surface area contributed by atoms with Crippen molar-refractivity contribution in [2.75, 3.05) is 24.5 Å². The monoisotopic (exact) mass is 236 g/mol. The summed E-state index contributed by atoms with van der Waals surface area (Å²) in [6.45, 7) is 7.17. The van der Waals surface area contributed by atoms with Crippen molar-refractivity contribution in [1.29, 1.82) is 0 Å². The van der Waals surface area contributed by atoms with Crippen LogP contribution in [0.3, 0.4) is 0 Å². The van der Waals surface area contributed by atoms with Crippen molar-refractivity contribution in [1.82, 2.24) is 5.32 Å². The number of nitrogens with one attached hydrogen (secondary N) is 1. The summed E-state index contributed by atoms with van der Waals surface area (Å²) in [5, 5.41) is 3.52. The van der Waals surface area contributed by atoms with E-state index in [-0.39, 0.29) is 5.82 Å². The van der Waals surface area contributed by atoms with Crippen molar-refractivity contribution in [3.05, 3.63) is 30.1 Å². The molecular weight excluding hydrogens is 215 g/mol. The Balaban J connectivity index is 2.10. The SMILES string of the molecule is CCC(C)C1CN(c2ccccc2F)CCN1. The Morgan fingerprint density at radius 1 is 1.47 bits per heavy atom. The molecule has 1 fully saturated rings. The van der Waals surface area contributed by atoms with Crippen molar-refractivity contribution in [2.45, 2.75) is 26.3 Å². The predicted octanol–water partition coefficient (Wildman–Crippen LogP) is 2.65. The molecule has 1 aliphatic heterocycles. The second kappa shape index (κ2) is 5.50. The predicted molar refractivity (Wildman–Crippen MR) is 69.9 cm³/mol. The highest BCUT2D eigenvalue weighted by Gasteiger charge is 2.24. The van der Waals surface area contributed by atoms with Gasteiger partial charge in [-0.3, -0.25) is 0 Å². The summed E-state index contributed by atoms with van der Waals surface area (Å²) in [6, 6.07) is 7.52. The number of hydrogen-bond donors (Lipinski definition) is 1. The topological polar surface area (TPSA) is 15.3 Å². The number of piperazine rings is 1. The minimum Gasteiger partial charge on any atom is -0.366 e. The Labute approximate surface area is 103 Å². The molecule has 1 aliphatic rings. The van der Waals surface area contributed by atoms with Gasteiger partial charge in [0.2, 0.25) is 0 Å². The van der Waals surface area contributed by atoms with Crippen LogP contribution in [-0.4, -0.2) is 25.7 Å². The van der Waals surface area contributed by atoms with Gasteiger partial charge in [0, 0.05) is 25.7 Å². The standard InChI is InChI=1S/C14H21FN2/c1-3-11(2)13-10-17(9-8-16-13)14-7-5-4-6-12(14)15/h4-7,11,13,16H,3,8-10H2,1-2H3. The van der Waals surface area contributed by atoms with Gasteiger partial charge < -0.3 is 10.2 Å². The number of benzene rings is 1. The van der Waals surface area contributed by atoms with Crippen LogP contribution in [0.4, 0.5) is 10.1 Å². The quantitative estimate of drug-likeness (QED) is 0.868. The summed E-state index contributed by atoms with van der Waals surface area (Å²) in [4.78, 5) is 2.16. The maximum atomic E-state index is 13.7. The molecule has 0 amide bonds. The van der Waals surface area contributed by atoms with Gasteiger partial charge in [-0.05, 0) is 18.1 Å². The fraction of sp³-hybridized carbons (Fsp3) is 0.571. The summed E-state index contributed by atoms with van der Waals surface area (Å²) in [7, 11) is 0. The molecule has 1 N–H and O–H groups in total. The number of anilines is 1. The smallest absolute Gasteiger partial charge is 0.146 e. The van der Waals surface area contributed by atoms with Gasteiger partial charge in [0.05, 0.1) is 5.69 Å². The summed E-state index contributed by atoms with van der Waals surface area (Å²) >= 11 is 0. The first-order valence-corrected chi connectivity index (χ1v) is 6.45. The van der Waals surface area contributed by atoms with Crippen LogP contribution in [0.15, 0.2) is 24.3 Å². The van der Waals surface area contributed by atoms with E-state index >= 15 is 0 Å². The number of nitrogens with zero attached hydrogens (tertiary/aromatic N) is 1. The maximum Gasteiger partial charge on any atom is 0.146 e. The molecule has 1 saturated heterocycles. The molecule has 2 nitrogen and oxygen atoms in total. The molecule has 0 radical (unpaired) electrons. The highest BCUT2D eigenvalue weighted by atomic mass is 19.1. The van der Waals surface area contributed by atoms with Crippen LogP contribution < -0.4 is 10.2 Å². The normalized spacial score (nSPS) is 22.5. The van der Waals surface area contributed by atoms with Crippen LogP contribution in [0.1, 0.15) is 20.3 Å². The zero-order chi connectivity index (χ0) is 12.3. The van der Waals surface area contributed by atoms with E-state index in [0.29, 0.717) is 12.0 Å². The molecule has 0 spiro atoms. The first kappa shape index (κ1) is 12.4. The van der Waals surface area contributed by atoms with Gasteiger partial charge in [-0.2, -0.15) is 0 Å². The number of halogens is 1. The Kier molecular flexibility index (Phi) is 4.00. The average Bonchev–Trinajstić information content (AvgIpc) is 2.38. The maximum absolute atomic E-state index is 13.7. The molecule has 3 heteroatoms. The summed E-state index contributed by atoms with van der Waals surface area (Å²) in [5.74, 6) is 0.516. The van der Waals surface area contributed by atoms with Crippen molar-refractivity contribution < 1.29 is 4.39 Å². The molecule has 0 bridgehead atoms. The molecule has 17 heavy (non-hydrogen) atoms. The third-order valence-electron chi connectivity index (χ3n) is 3.73. The average molecular weight is 236 g/mol. The summed E-state index contributed by atoms with van der Waals surface area (Å²) in [6.07, 6.45) is 1.16. The molecule has 2 unspecified atom stereocenters. The number of para-hydroxylation sites is 1. The Morgan fingerprint density at radius 2 is 2.24 bits per heavy atom. The Hall–Kier alpha value is -1.09. The van der Waals surface area contributed by atoms with Crippen LogP contribution in [-0.2, 0) is 0 Å². The van der Waals surface area contributed by atoms with E-state index in [1.807, 2.05) is 12.1 Å². The van der Waals surface area contributed by atoms with E-state index in [4.69, 9.17) is 0 Å². The van der Waals surface area contributed by atoms with Gasteiger partial charge >= 0.3 is 0 Å². The molecule has 2 rings (SSSR count). The molecular formula is C14H21FN2. The van der Waals surface area contributed by atoms with Gasteiger partial charge in [0.25, 0.3) is 0 Å². The first-order chi connectivity index (χ1) is 8.22. The van der Waals surface area contributed by atoms with Gasteiger partial charge in [-0.1, -0.05) is 32.4 Å². The largest absolute Gasteiger partial charge is 0.366 e. The molecule has 0 aliphatic carbocycles. The van der Waals surface area contributed by atoms with Gasteiger partial charge in [0.15, 0.2) is 0 Å². The lowest BCUT2D eigenvalue weighted by atomic mass is 9.97. The lowest BCUT2D eigenvalue weighted by molar-refractivity contribution is 0.340. The van der Waals surface area contributed by atoms with Crippen molar-refractivity contribution in [3.63, 3.8) is 0 Å². The van der Waals surface area contributed by atoms with Crippen molar-refractivity contribution in [3.8, 4) is 0 Å². The lowest BCUT2D eigenvalue weighted by Gasteiger charge is -2.38. The molecule has 2 atom stereocenters. The zero-order valence-electron chi connectivity index (χ0n) is 10.6. The van der Waals surface area contributed by atoms with Gasteiger partial charge in [-0.15, -0.1) is 0 Å². The van der Waals surface area contributed by atoms with E-state index < -0.39 is 0 Å². The summed E-state index contributed by atoms with van der Waals surface area (Å²) in [5.41, 5.74) is 0.738. The summed E-state index contributed by atoms with van der Waals surface area (Å²) < 4.78 is 13.7. The van der Waals surface area contributed by atoms with Crippen molar-refractivity contribution in [2.24, 2.45) is 5.92 Å². The third-order valence-corrected chi connectivity index (χ3v) is 3.73. The lowest BCUT2D eigenvalue weighted by Crippen LogP contribution is -2.53. The van der Waals surface area contributed by atoms with E-state index in [1.165, 1.54) is 6.07 Å². The van der Waals surface area contributed by atoms with Gasteiger partial charge in [-0.25, -0.2) is 4.39 Å². The van der Waals surface area contributed by atoms with E-state index in [0.717, 1.165) is 31.7 Å². The molecule has 0 aromatic heterocycles. The molecule has 0 saturated carbocycles. The number of rotatable bonds is 3. The number of hydrogen-bond acceptors (Lipinski definition) is 2. The second-order valence-electron chi connectivity index (χ2n) is 4.84. The zero-order valence-corrected chi connectivity index (χ0v) is 10.6. The van der Waals surface area contributed by atoms with Crippen LogP contribution in [0.2, 0.25) is 0 Å². The highest BCUT2D eigenvalue weighted by Crippen LogP contribution is 2.22. The van der Waals surface area contributed by atoms with Crippen LogP contribution in [0.25, 0.3) is 0 Å². The van der Waals surface area contributed by atoms with Crippen LogP contribution >= 0.6 is 0 Å². The minimum atomic E-state index is -0.114. The first-order valence-electron chi connectivity index (χ1n) is 6.45.